The van der Waals surface area contributed by atoms with E-state index >= 15 is 0 Å². The van der Waals surface area contributed by atoms with Gasteiger partial charge in [-0.15, -0.1) is 0 Å². The number of hydrogen-bond donors (Lipinski definition) is 1. The van der Waals surface area contributed by atoms with Crippen LogP contribution in [0.25, 0.3) is 0 Å². The lowest BCUT2D eigenvalue weighted by molar-refractivity contribution is -0.384. The second-order valence-corrected chi connectivity index (χ2v) is 7.33. The fourth-order valence-corrected chi connectivity index (χ4v) is 3.83. The summed E-state index contributed by atoms with van der Waals surface area (Å²) in [6.07, 6.45) is 5.55. The Hall–Kier alpha value is -3.95. The molecule has 0 amide bonds. The first-order valence-electron chi connectivity index (χ1n) is 10.6. The van der Waals surface area contributed by atoms with Crippen LogP contribution < -0.4 is 5.32 Å². The molecule has 0 aliphatic carbocycles. The normalized spacial score (nSPS) is 15.8. The molecule has 0 saturated carbocycles. The molecule has 0 radical (unpaired) electrons. The summed E-state index contributed by atoms with van der Waals surface area (Å²) in [6, 6.07) is 5.91. The number of allylic oxidation sites excluding steroid dienone is 2. The van der Waals surface area contributed by atoms with E-state index in [0.717, 1.165) is 0 Å². The zero-order valence-corrected chi connectivity index (χ0v) is 18.7. The van der Waals surface area contributed by atoms with Gasteiger partial charge in [0.05, 0.1) is 41.5 Å². The summed E-state index contributed by atoms with van der Waals surface area (Å²) in [5.41, 5.74) is 1.81. The van der Waals surface area contributed by atoms with Crippen molar-refractivity contribution < 1.29 is 24.0 Å². The number of esters is 2. The molecular formula is C23H26N4O6. The molecule has 0 saturated heterocycles. The van der Waals surface area contributed by atoms with Crippen LogP contribution in [0.3, 0.4) is 0 Å². The van der Waals surface area contributed by atoms with Crippen LogP contribution >= 0.6 is 0 Å². The molecule has 33 heavy (non-hydrogen) atoms. The zero-order chi connectivity index (χ0) is 24.0. The molecule has 10 heteroatoms. The van der Waals surface area contributed by atoms with E-state index in [0.29, 0.717) is 29.9 Å². The summed E-state index contributed by atoms with van der Waals surface area (Å²) in [5.74, 6) is -2.09. The molecule has 2 aromatic rings. The highest BCUT2D eigenvalue weighted by molar-refractivity contribution is 6.00. The van der Waals surface area contributed by atoms with Crippen LogP contribution in [0.1, 0.15) is 38.7 Å². The Morgan fingerprint density at radius 2 is 1.88 bits per heavy atom. The minimum absolute atomic E-state index is 0.135. The predicted molar refractivity (Wildman–Crippen MR) is 119 cm³/mol. The van der Waals surface area contributed by atoms with Gasteiger partial charge in [0, 0.05) is 48.9 Å². The lowest BCUT2D eigenvalue weighted by Gasteiger charge is -2.31. The highest BCUT2D eigenvalue weighted by Crippen LogP contribution is 2.41. The molecule has 1 aliphatic rings. The third-order valence-electron chi connectivity index (χ3n) is 5.23. The predicted octanol–water partition coefficient (Wildman–Crippen LogP) is 3.22. The van der Waals surface area contributed by atoms with Gasteiger partial charge in [-0.25, -0.2) is 14.6 Å². The van der Waals surface area contributed by atoms with Crippen LogP contribution in [-0.2, 0) is 25.6 Å². The number of non-ortho nitro benzene ring substituents is 1. The Morgan fingerprint density at radius 1 is 1.18 bits per heavy atom. The molecule has 0 bridgehead atoms. The van der Waals surface area contributed by atoms with Crippen molar-refractivity contribution in [3.63, 3.8) is 0 Å². The largest absolute Gasteiger partial charge is 0.463 e. The van der Waals surface area contributed by atoms with E-state index in [1.807, 2.05) is 4.57 Å². The van der Waals surface area contributed by atoms with Crippen molar-refractivity contribution in [2.45, 2.75) is 39.7 Å². The van der Waals surface area contributed by atoms with Gasteiger partial charge >= 0.3 is 11.9 Å². The third kappa shape index (κ3) is 5.28. The molecular weight excluding hydrogens is 428 g/mol. The Morgan fingerprint density at radius 3 is 2.48 bits per heavy atom. The molecule has 10 nitrogen and oxygen atoms in total. The van der Waals surface area contributed by atoms with Gasteiger partial charge in [0.1, 0.15) is 0 Å². The van der Waals surface area contributed by atoms with Crippen molar-refractivity contribution in [1.82, 2.24) is 14.9 Å². The number of dihydropyridines is 1. The number of aromatic nitrogens is 2. The summed E-state index contributed by atoms with van der Waals surface area (Å²) in [6.45, 7) is 5.89. The lowest BCUT2D eigenvalue weighted by atomic mass is 9.79. The van der Waals surface area contributed by atoms with Crippen molar-refractivity contribution >= 4 is 17.6 Å². The standard InChI is InChI=1S/C23H26N4O6/c1-4-32-22(28)19-15(3)25-18(9-11-26-12-10-24-14-26)21(23(29)33-5-2)20(19)16-7-6-8-17(13-16)27(30)31/h6-8,10,12-14,20,25H,4-5,9,11H2,1-3H3. The molecule has 174 valence electrons. The number of carbonyl (C=O) groups excluding carboxylic acids is 2. The van der Waals surface area contributed by atoms with Crippen LogP contribution in [0.2, 0.25) is 0 Å². The molecule has 1 aliphatic heterocycles. The second kappa shape index (κ2) is 10.6. The summed E-state index contributed by atoms with van der Waals surface area (Å²) < 4.78 is 12.5. The average Bonchev–Trinajstić information content (AvgIpc) is 3.31. The summed E-state index contributed by atoms with van der Waals surface area (Å²) in [4.78, 5) is 41.0. The van der Waals surface area contributed by atoms with Gasteiger partial charge in [0.2, 0.25) is 0 Å². The maximum Gasteiger partial charge on any atom is 0.336 e. The van der Waals surface area contributed by atoms with Gasteiger partial charge < -0.3 is 19.4 Å². The number of aryl methyl sites for hydroxylation is 1. The number of nitro benzene ring substituents is 1. The molecule has 1 atom stereocenters. The van der Waals surface area contributed by atoms with Crippen LogP contribution in [0.5, 0.6) is 0 Å². The maximum atomic E-state index is 13.2. The summed E-state index contributed by atoms with van der Waals surface area (Å²) >= 11 is 0. The van der Waals surface area contributed by atoms with Gasteiger partial charge in [-0.1, -0.05) is 12.1 Å². The second-order valence-electron chi connectivity index (χ2n) is 7.33. The Labute approximate surface area is 191 Å². The van der Waals surface area contributed by atoms with Crippen LogP contribution in [0, 0.1) is 10.1 Å². The van der Waals surface area contributed by atoms with E-state index in [2.05, 4.69) is 10.3 Å². The highest BCUT2D eigenvalue weighted by atomic mass is 16.6. The van der Waals surface area contributed by atoms with Gasteiger partial charge in [0.25, 0.3) is 5.69 Å². The van der Waals surface area contributed by atoms with Gasteiger partial charge in [-0.05, 0) is 26.3 Å². The number of nitro groups is 1. The average molecular weight is 454 g/mol. The van der Waals surface area contributed by atoms with Crippen molar-refractivity contribution in [2.24, 2.45) is 0 Å². The van der Waals surface area contributed by atoms with Crippen molar-refractivity contribution in [2.75, 3.05) is 13.2 Å². The first kappa shape index (κ1) is 23.7. The monoisotopic (exact) mass is 454 g/mol. The quantitative estimate of drug-likeness (QED) is 0.348. The fourth-order valence-electron chi connectivity index (χ4n) is 3.83. The number of imidazole rings is 1. The smallest absolute Gasteiger partial charge is 0.336 e. The Balaban J connectivity index is 2.17. The highest BCUT2D eigenvalue weighted by Gasteiger charge is 2.39. The van der Waals surface area contributed by atoms with Gasteiger partial charge in [-0.2, -0.15) is 0 Å². The first-order chi connectivity index (χ1) is 15.9. The van der Waals surface area contributed by atoms with Crippen LogP contribution in [0.4, 0.5) is 5.69 Å². The number of carbonyl (C=O) groups is 2. The van der Waals surface area contributed by atoms with Crippen LogP contribution in [0.15, 0.2) is 65.5 Å². The van der Waals surface area contributed by atoms with E-state index in [4.69, 9.17) is 9.47 Å². The van der Waals surface area contributed by atoms with Crippen molar-refractivity contribution in [3.8, 4) is 0 Å². The summed E-state index contributed by atoms with van der Waals surface area (Å²) in [7, 11) is 0. The molecule has 2 heterocycles. The number of hydrogen-bond acceptors (Lipinski definition) is 8. The topological polar surface area (TPSA) is 126 Å². The maximum absolute atomic E-state index is 13.2. The van der Waals surface area contributed by atoms with E-state index in [9.17, 15) is 19.7 Å². The van der Waals surface area contributed by atoms with E-state index in [1.165, 1.54) is 18.2 Å². The van der Waals surface area contributed by atoms with Gasteiger partial charge in [-0.3, -0.25) is 10.1 Å². The van der Waals surface area contributed by atoms with Crippen molar-refractivity contribution in [3.05, 3.63) is 81.2 Å². The Bertz CT molecular complexity index is 1100. The zero-order valence-electron chi connectivity index (χ0n) is 18.7. The minimum atomic E-state index is -0.887. The van der Waals surface area contributed by atoms with Crippen molar-refractivity contribution in [1.29, 1.82) is 0 Å². The third-order valence-corrected chi connectivity index (χ3v) is 5.23. The number of nitrogens with one attached hydrogen (secondary N) is 1. The van der Waals surface area contributed by atoms with Crippen LogP contribution in [-0.4, -0.2) is 39.6 Å². The van der Waals surface area contributed by atoms with E-state index < -0.39 is 22.8 Å². The first-order valence-corrected chi connectivity index (χ1v) is 10.6. The van der Waals surface area contributed by atoms with Gasteiger partial charge in [0.15, 0.2) is 0 Å². The molecule has 3 rings (SSSR count). The molecule has 1 unspecified atom stereocenters. The number of ether oxygens (including phenoxy) is 2. The molecule has 1 aromatic carbocycles. The molecule has 1 N–H and O–H groups in total. The fraction of sp³-hybridized carbons (Fsp3) is 0.348. The number of benzene rings is 1. The molecule has 1 aromatic heterocycles. The number of nitrogens with zero attached hydrogens (tertiary/aromatic N) is 3. The molecule has 0 fully saturated rings. The van der Waals surface area contributed by atoms with E-state index in [-0.39, 0.29) is 30.0 Å². The van der Waals surface area contributed by atoms with E-state index in [1.54, 1.807) is 45.6 Å². The molecule has 0 spiro atoms. The number of rotatable bonds is 9. The summed E-state index contributed by atoms with van der Waals surface area (Å²) in [5, 5.41) is 14.6. The minimum Gasteiger partial charge on any atom is -0.463 e. The SMILES string of the molecule is CCOC(=O)C1=C(C)NC(CCn2ccnc2)=C(C(=O)OCC)C1c1cccc([N+](=O)[O-])c1. The Kier molecular flexibility index (Phi) is 7.60. The lowest BCUT2D eigenvalue weighted by Crippen LogP contribution is -2.33.